The summed E-state index contributed by atoms with van der Waals surface area (Å²) >= 11 is 0. The molecule has 0 unspecified atom stereocenters. The topological polar surface area (TPSA) is 57.6 Å². The van der Waals surface area contributed by atoms with Crippen molar-refractivity contribution in [2.45, 2.75) is 0 Å². The van der Waals surface area contributed by atoms with Crippen LogP contribution < -0.4 is 0 Å². The quantitative estimate of drug-likeness (QED) is 0.683. The average Bonchev–Trinajstić information content (AvgIpc) is 3.02. The monoisotopic (exact) mass is 301 g/mol. The summed E-state index contributed by atoms with van der Waals surface area (Å²) in [7, 11) is 3.49. The van der Waals surface area contributed by atoms with Gasteiger partial charge >= 0.3 is 0 Å². The zero-order valence-electron chi connectivity index (χ0n) is 10.7. The number of hydrogen-bond donors (Lipinski definition) is 1. The van der Waals surface area contributed by atoms with Gasteiger partial charge in [0, 0.05) is 31.2 Å². The van der Waals surface area contributed by atoms with Gasteiger partial charge in [0.15, 0.2) is 5.91 Å². The summed E-state index contributed by atoms with van der Waals surface area (Å²) < 4.78 is 0. The molecular formula is C14H15FeNO3-2. The molecule has 1 amide bonds. The van der Waals surface area contributed by atoms with Crippen molar-refractivity contribution in [2.24, 2.45) is 0 Å². The molecule has 0 bridgehead atoms. The smallest absolute Gasteiger partial charge is 0.278 e. The molecule has 5 heteroatoms. The first-order valence-corrected chi connectivity index (χ1v) is 5.40. The first kappa shape index (κ1) is 17.2. The first-order chi connectivity index (χ1) is 8.52. The van der Waals surface area contributed by atoms with Gasteiger partial charge in [-0.2, -0.15) is 24.3 Å². The van der Waals surface area contributed by atoms with Gasteiger partial charge in [-0.1, -0.05) is 11.1 Å². The molecule has 19 heavy (non-hydrogen) atoms. The molecule has 1 N–H and O–H groups in total. The zero-order valence-corrected chi connectivity index (χ0v) is 11.8. The molecule has 0 heterocycles. The van der Waals surface area contributed by atoms with E-state index >= 15 is 0 Å². The minimum absolute atomic E-state index is 0. The Morgan fingerprint density at radius 3 is 1.53 bits per heavy atom. The fraction of sp³-hybridized carbons (Fsp3) is 0.143. The molecule has 104 valence electrons. The van der Waals surface area contributed by atoms with Crippen molar-refractivity contribution in [1.29, 1.82) is 0 Å². The van der Waals surface area contributed by atoms with E-state index in [4.69, 9.17) is 5.11 Å². The van der Waals surface area contributed by atoms with E-state index in [9.17, 15) is 9.59 Å². The molecule has 0 saturated heterocycles. The van der Waals surface area contributed by atoms with Gasteiger partial charge in [0.1, 0.15) is 0 Å². The van der Waals surface area contributed by atoms with Crippen LogP contribution in [0.25, 0.3) is 0 Å². The van der Waals surface area contributed by atoms with Gasteiger partial charge in [-0.3, -0.25) is 9.59 Å². The molecular weight excluding hydrogens is 286 g/mol. The van der Waals surface area contributed by atoms with Gasteiger partial charge in [-0.05, 0) is 0 Å². The van der Waals surface area contributed by atoms with E-state index in [0.29, 0.717) is 5.56 Å². The summed E-state index contributed by atoms with van der Waals surface area (Å²) in [6, 6.07) is 13.8. The van der Waals surface area contributed by atoms with E-state index in [-0.39, 0.29) is 23.0 Å². The molecule has 0 saturated carbocycles. The maximum absolute atomic E-state index is 11.1. The number of carboxylic acids is 1. The van der Waals surface area contributed by atoms with Crippen LogP contribution in [0.1, 0.15) is 20.7 Å². The van der Waals surface area contributed by atoms with Crippen molar-refractivity contribution in [3.05, 3.63) is 59.7 Å². The van der Waals surface area contributed by atoms with E-state index in [0.717, 1.165) is 5.56 Å². The number of aromatic carboxylic acids is 1. The van der Waals surface area contributed by atoms with Crippen LogP contribution >= 0.6 is 0 Å². The molecule has 2 aromatic rings. The number of amides is 1. The Labute approximate surface area is 122 Å². The number of carboxylic acid groups (broad SMARTS) is 1. The van der Waals surface area contributed by atoms with Gasteiger partial charge in [0.2, 0.25) is 0 Å². The van der Waals surface area contributed by atoms with Crippen LogP contribution in [0.5, 0.6) is 0 Å². The molecule has 4 nitrogen and oxygen atoms in total. The van der Waals surface area contributed by atoms with Crippen LogP contribution in [0.3, 0.4) is 0 Å². The Morgan fingerprint density at radius 2 is 1.26 bits per heavy atom. The summed E-state index contributed by atoms with van der Waals surface area (Å²) in [5, 5.41) is 8.27. The van der Waals surface area contributed by atoms with Crippen LogP contribution in [0.15, 0.2) is 48.5 Å². The minimum Gasteiger partial charge on any atom is -0.487 e. The molecule has 0 atom stereocenters. The Morgan fingerprint density at radius 1 is 0.895 bits per heavy atom. The van der Waals surface area contributed by atoms with E-state index in [1.54, 1.807) is 43.3 Å². The second kappa shape index (κ2) is 8.29. The van der Waals surface area contributed by atoms with Crippen molar-refractivity contribution in [3.8, 4) is 0 Å². The van der Waals surface area contributed by atoms with Gasteiger partial charge in [-0.15, -0.1) is 0 Å². The van der Waals surface area contributed by atoms with Crippen LogP contribution in [-0.4, -0.2) is 36.0 Å². The fourth-order valence-corrected chi connectivity index (χ4v) is 1.29. The predicted octanol–water partition coefficient (Wildman–Crippen LogP) is 2.21. The third-order valence-corrected chi connectivity index (χ3v) is 2.23. The predicted molar refractivity (Wildman–Crippen MR) is 69.0 cm³/mol. The van der Waals surface area contributed by atoms with Gasteiger partial charge in [0.05, 0.1) is 0 Å². The van der Waals surface area contributed by atoms with Crippen molar-refractivity contribution >= 4 is 11.9 Å². The van der Waals surface area contributed by atoms with Crippen molar-refractivity contribution in [3.63, 3.8) is 0 Å². The molecule has 0 aromatic heterocycles. The molecule has 0 fully saturated rings. The molecule has 2 aromatic carbocycles. The number of nitrogens with zero attached hydrogens (tertiary/aromatic N) is 1. The van der Waals surface area contributed by atoms with Gasteiger partial charge in [-0.25, -0.2) is 24.3 Å². The second-order valence-electron chi connectivity index (χ2n) is 3.85. The molecule has 0 aliphatic carbocycles. The molecule has 0 aliphatic rings. The van der Waals surface area contributed by atoms with E-state index in [1.807, 2.05) is 24.3 Å². The summed E-state index contributed by atoms with van der Waals surface area (Å²) in [6.07, 6.45) is 0. The summed E-state index contributed by atoms with van der Waals surface area (Å²) in [5.41, 5.74) is 1.11. The SMILES string of the molecule is CN(C)C(=O)[c-]1cccc1.O=C(O)[c-]1cccc1.[Fe]. The van der Waals surface area contributed by atoms with E-state index in [2.05, 4.69) is 0 Å². The summed E-state index contributed by atoms with van der Waals surface area (Å²) in [5.74, 6) is -0.806. The maximum atomic E-state index is 11.1. The number of carbonyl (C=O) groups is 2. The van der Waals surface area contributed by atoms with Crippen LogP contribution in [-0.2, 0) is 17.1 Å². The normalized spacial score (nSPS) is 8.74. The van der Waals surface area contributed by atoms with Crippen LogP contribution in [0, 0.1) is 0 Å². The Balaban J connectivity index is 0.000000331. The maximum Gasteiger partial charge on any atom is 0.278 e. The van der Waals surface area contributed by atoms with Gasteiger partial charge in [0.25, 0.3) is 5.97 Å². The zero-order chi connectivity index (χ0) is 13.5. The first-order valence-electron chi connectivity index (χ1n) is 5.40. The largest absolute Gasteiger partial charge is 0.487 e. The van der Waals surface area contributed by atoms with E-state index < -0.39 is 5.97 Å². The Kier molecular flexibility index (Phi) is 7.49. The number of carbonyl (C=O) groups excluding carboxylic acids is 1. The second-order valence-corrected chi connectivity index (χ2v) is 3.85. The van der Waals surface area contributed by atoms with Crippen LogP contribution in [0.4, 0.5) is 0 Å². The molecule has 2 rings (SSSR count). The number of rotatable bonds is 2. The molecule has 0 radical (unpaired) electrons. The molecule has 0 aliphatic heterocycles. The Hall–Kier alpha value is -1.84. The van der Waals surface area contributed by atoms with Crippen LogP contribution in [0.2, 0.25) is 0 Å². The Bertz CT molecular complexity index is 487. The van der Waals surface area contributed by atoms with Crippen molar-refractivity contribution in [1.82, 2.24) is 4.90 Å². The fourth-order valence-electron chi connectivity index (χ4n) is 1.29. The molecule has 0 spiro atoms. The average molecular weight is 301 g/mol. The minimum atomic E-state index is -0.866. The third-order valence-electron chi connectivity index (χ3n) is 2.23. The summed E-state index contributed by atoms with van der Waals surface area (Å²) in [6.45, 7) is 0. The third kappa shape index (κ3) is 5.55. The van der Waals surface area contributed by atoms with Gasteiger partial charge < -0.3 is 10.0 Å². The van der Waals surface area contributed by atoms with E-state index in [1.165, 1.54) is 0 Å². The van der Waals surface area contributed by atoms with Crippen molar-refractivity contribution < 1.29 is 31.8 Å². The van der Waals surface area contributed by atoms with Crippen molar-refractivity contribution in [2.75, 3.05) is 14.1 Å². The number of hydrogen-bond acceptors (Lipinski definition) is 2. The summed E-state index contributed by atoms with van der Waals surface area (Å²) in [4.78, 5) is 22.8. The standard InChI is InChI=1S/C8H10NO.C6H5O2.Fe/c1-9(2)8(10)7-5-3-4-6-7;7-6(8)5-3-1-2-4-5;/h3-6H,1-2H3;1-4H,(H,7,8);/q2*-1;.